The smallest absolute Gasteiger partial charge is 0.257 e. The molecule has 3 aromatic rings. The summed E-state index contributed by atoms with van der Waals surface area (Å²) < 4.78 is 1.46. The van der Waals surface area contributed by atoms with Gasteiger partial charge >= 0.3 is 0 Å². The van der Waals surface area contributed by atoms with Gasteiger partial charge in [-0.3, -0.25) is 9.20 Å². The monoisotopic (exact) mass is 430 g/mol. The molecule has 0 spiro atoms. The summed E-state index contributed by atoms with van der Waals surface area (Å²) in [6.45, 7) is 4.53. The Balaban J connectivity index is 1.33. The van der Waals surface area contributed by atoms with Crippen molar-refractivity contribution in [1.29, 1.82) is 0 Å². The molecule has 5 heterocycles. The van der Waals surface area contributed by atoms with Crippen molar-refractivity contribution in [1.82, 2.24) is 24.5 Å². The maximum absolute atomic E-state index is 12.1. The van der Waals surface area contributed by atoms with Crippen LogP contribution in [0.2, 0.25) is 5.02 Å². The van der Waals surface area contributed by atoms with Gasteiger partial charge in [0.25, 0.3) is 5.56 Å². The van der Waals surface area contributed by atoms with Crippen LogP contribution in [-0.4, -0.2) is 56.7 Å². The average Bonchev–Trinajstić information content (AvgIpc) is 3.25. The van der Waals surface area contributed by atoms with Crippen molar-refractivity contribution in [3.63, 3.8) is 0 Å². The first-order valence-corrected chi connectivity index (χ1v) is 11.4. The molecular weight excluding hydrogens is 408 g/mol. The summed E-state index contributed by atoms with van der Waals surface area (Å²) in [5.41, 5.74) is 1.07. The highest BCUT2D eigenvalue weighted by atomic mass is 35.5. The summed E-state index contributed by atoms with van der Waals surface area (Å²) in [4.78, 5) is 21.3. The molecule has 5 rings (SSSR count). The van der Waals surface area contributed by atoms with Crippen LogP contribution in [0.25, 0.3) is 16.2 Å². The van der Waals surface area contributed by atoms with E-state index in [4.69, 9.17) is 11.6 Å². The molecule has 0 aliphatic carbocycles. The number of aromatic nitrogens is 4. The second-order valence-corrected chi connectivity index (χ2v) is 9.12. The quantitative estimate of drug-likeness (QED) is 0.635. The lowest BCUT2D eigenvalue weighted by Gasteiger charge is -2.40. The molecule has 0 amide bonds. The van der Waals surface area contributed by atoms with Gasteiger partial charge in [-0.2, -0.15) is 0 Å². The zero-order valence-electron chi connectivity index (χ0n) is 16.1. The molecule has 0 radical (unpaired) electrons. The zero-order chi connectivity index (χ0) is 19.8. The Hall–Kier alpha value is -2.03. The van der Waals surface area contributed by atoms with Gasteiger partial charge in [-0.1, -0.05) is 29.4 Å². The molecule has 9 heteroatoms. The van der Waals surface area contributed by atoms with Crippen LogP contribution >= 0.6 is 22.9 Å². The molecule has 0 saturated carbocycles. The van der Waals surface area contributed by atoms with Crippen LogP contribution in [0, 0.1) is 0 Å². The fourth-order valence-corrected chi connectivity index (χ4v) is 5.51. The molecule has 29 heavy (non-hydrogen) atoms. The molecular formula is C20H23ClN6OS. The largest absolute Gasteiger partial charge is 0.347 e. The number of likely N-dealkylation sites (tertiary alicyclic amines) is 1. The minimum atomic E-state index is -0.164. The van der Waals surface area contributed by atoms with Gasteiger partial charge in [0.1, 0.15) is 0 Å². The van der Waals surface area contributed by atoms with Crippen LogP contribution in [0.15, 0.2) is 29.3 Å². The predicted molar refractivity (Wildman–Crippen MR) is 116 cm³/mol. The number of hydrogen-bond donors (Lipinski definition) is 0. The third-order valence-electron chi connectivity index (χ3n) is 5.95. The van der Waals surface area contributed by atoms with Crippen LogP contribution in [0.1, 0.15) is 32.1 Å². The highest BCUT2D eigenvalue weighted by Gasteiger charge is 2.27. The Kier molecular flexibility index (Phi) is 5.24. The summed E-state index contributed by atoms with van der Waals surface area (Å²) in [7, 11) is 0. The van der Waals surface area contributed by atoms with Gasteiger partial charge in [0.2, 0.25) is 5.13 Å². The molecule has 0 unspecified atom stereocenters. The molecule has 0 atom stereocenters. The first-order valence-electron chi connectivity index (χ1n) is 10.2. The van der Waals surface area contributed by atoms with Crippen LogP contribution < -0.4 is 10.5 Å². The van der Waals surface area contributed by atoms with E-state index in [9.17, 15) is 4.79 Å². The fourth-order valence-electron chi connectivity index (χ4n) is 4.38. The number of hydrogen-bond acceptors (Lipinski definition) is 7. The van der Waals surface area contributed by atoms with Gasteiger partial charge in [-0.25, -0.2) is 4.98 Å². The number of fused-ring (bicyclic) bond motifs is 1. The third kappa shape index (κ3) is 3.76. The molecule has 0 aromatic carbocycles. The number of nitrogens with zero attached hydrogens (tertiary/aromatic N) is 6. The van der Waals surface area contributed by atoms with Crippen molar-refractivity contribution >= 4 is 33.7 Å². The molecule has 0 bridgehead atoms. The Morgan fingerprint density at radius 3 is 2.66 bits per heavy atom. The second kappa shape index (κ2) is 8.01. The number of anilines is 1. The Morgan fingerprint density at radius 1 is 1.07 bits per heavy atom. The molecule has 2 aliphatic rings. The topological polar surface area (TPSA) is 66.6 Å². The van der Waals surface area contributed by atoms with Gasteiger partial charge in [0, 0.05) is 43.2 Å². The van der Waals surface area contributed by atoms with Crippen LogP contribution in [0.4, 0.5) is 5.13 Å². The summed E-state index contributed by atoms with van der Waals surface area (Å²) in [5.74, 6) is 0. The first-order chi connectivity index (χ1) is 14.2. The standard InChI is InChI=1S/C20H23ClN6OS/c21-16-12-14(13-27-17(28)4-7-22-18(16)27)19-23-24-20(29-19)26-10-5-15(6-11-26)25-8-2-1-3-9-25/h4,7,12-13,15H,1-3,5-6,8-11H2. The van der Waals surface area contributed by atoms with E-state index in [2.05, 4.69) is 25.0 Å². The van der Waals surface area contributed by atoms with Crippen molar-refractivity contribution in [2.75, 3.05) is 31.1 Å². The molecule has 0 N–H and O–H groups in total. The van der Waals surface area contributed by atoms with E-state index in [1.807, 2.05) is 0 Å². The Labute approximate surface area is 178 Å². The molecule has 2 fully saturated rings. The number of pyridine rings is 1. The second-order valence-electron chi connectivity index (χ2n) is 7.76. The van der Waals surface area contributed by atoms with E-state index in [0.717, 1.165) is 28.8 Å². The van der Waals surface area contributed by atoms with Crippen molar-refractivity contribution in [3.05, 3.63) is 39.9 Å². The van der Waals surface area contributed by atoms with Crippen LogP contribution in [0.3, 0.4) is 0 Å². The van der Waals surface area contributed by atoms with Crippen LogP contribution in [0.5, 0.6) is 0 Å². The van der Waals surface area contributed by atoms with Crippen LogP contribution in [-0.2, 0) is 0 Å². The van der Waals surface area contributed by atoms with Crippen molar-refractivity contribution in [3.8, 4) is 10.6 Å². The number of rotatable bonds is 3. The van der Waals surface area contributed by atoms with E-state index in [0.29, 0.717) is 16.7 Å². The van der Waals surface area contributed by atoms with E-state index in [1.165, 1.54) is 61.9 Å². The van der Waals surface area contributed by atoms with Crippen molar-refractivity contribution in [2.45, 2.75) is 38.1 Å². The molecule has 2 aliphatic heterocycles. The summed E-state index contributed by atoms with van der Waals surface area (Å²) in [6.07, 6.45) is 9.63. The maximum Gasteiger partial charge on any atom is 0.257 e. The molecule has 7 nitrogen and oxygen atoms in total. The molecule has 3 aromatic heterocycles. The van der Waals surface area contributed by atoms with E-state index >= 15 is 0 Å². The lowest BCUT2D eigenvalue weighted by Crippen LogP contribution is -2.46. The number of halogens is 1. The summed E-state index contributed by atoms with van der Waals surface area (Å²) in [6, 6.07) is 3.93. The maximum atomic E-state index is 12.1. The number of piperidine rings is 2. The fraction of sp³-hybridized carbons (Fsp3) is 0.500. The minimum absolute atomic E-state index is 0.164. The first kappa shape index (κ1) is 19.0. The van der Waals surface area contributed by atoms with E-state index in [-0.39, 0.29) is 5.56 Å². The van der Waals surface area contributed by atoms with Crippen molar-refractivity contribution < 1.29 is 0 Å². The van der Waals surface area contributed by atoms with Gasteiger partial charge in [0.15, 0.2) is 10.7 Å². The zero-order valence-corrected chi connectivity index (χ0v) is 17.7. The highest BCUT2D eigenvalue weighted by molar-refractivity contribution is 7.18. The normalized spacial score (nSPS) is 19.1. The van der Waals surface area contributed by atoms with Gasteiger partial charge < -0.3 is 9.80 Å². The average molecular weight is 431 g/mol. The van der Waals surface area contributed by atoms with Gasteiger partial charge in [-0.05, 0) is 44.8 Å². The molecule has 2 saturated heterocycles. The molecule has 152 valence electrons. The summed E-state index contributed by atoms with van der Waals surface area (Å²) in [5, 5.41) is 10.9. The Bertz CT molecular complexity index is 1070. The minimum Gasteiger partial charge on any atom is -0.347 e. The van der Waals surface area contributed by atoms with E-state index in [1.54, 1.807) is 23.6 Å². The SMILES string of the molecule is O=c1ccnc2c(Cl)cc(-c3nnc(N4CCC(N5CCCCC5)CC4)s3)cn12. The lowest BCUT2D eigenvalue weighted by atomic mass is 10.0. The lowest BCUT2D eigenvalue weighted by molar-refractivity contribution is 0.141. The Morgan fingerprint density at radius 2 is 1.86 bits per heavy atom. The van der Waals surface area contributed by atoms with Crippen molar-refractivity contribution in [2.24, 2.45) is 0 Å². The van der Waals surface area contributed by atoms with Gasteiger partial charge in [0.05, 0.1) is 5.02 Å². The van der Waals surface area contributed by atoms with Gasteiger partial charge in [-0.15, -0.1) is 10.2 Å². The predicted octanol–water partition coefficient (Wildman–Crippen LogP) is 3.32. The third-order valence-corrected chi connectivity index (χ3v) is 7.26. The van der Waals surface area contributed by atoms with E-state index < -0.39 is 0 Å². The summed E-state index contributed by atoms with van der Waals surface area (Å²) >= 11 is 7.90. The highest BCUT2D eigenvalue weighted by Crippen LogP contribution is 2.32.